The minimum absolute atomic E-state index is 0.241. The largest absolute Gasteiger partial charge is 0.396 e. The SMILES string of the molecule is CC(CCO)SCc1nnc(Cl)s1. The van der Waals surface area contributed by atoms with Gasteiger partial charge in [0, 0.05) is 17.6 Å². The molecular formula is C7H11ClN2OS2. The third kappa shape index (κ3) is 4.26. The van der Waals surface area contributed by atoms with Crippen molar-refractivity contribution in [3.63, 3.8) is 0 Å². The van der Waals surface area contributed by atoms with Crippen molar-refractivity contribution in [2.75, 3.05) is 6.61 Å². The van der Waals surface area contributed by atoms with Crippen LogP contribution in [0.15, 0.2) is 0 Å². The van der Waals surface area contributed by atoms with Gasteiger partial charge in [-0.25, -0.2) is 0 Å². The van der Waals surface area contributed by atoms with Gasteiger partial charge in [-0.2, -0.15) is 11.8 Å². The molecule has 1 atom stereocenters. The Morgan fingerprint density at radius 2 is 2.38 bits per heavy atom. The van der Waals surface area contributed by atoms with E-state index in [4.69, 9.17) is 16.7 Å². The van der Waals surface area contributed by atoms with Gasteiger partial charge in [0.15, 0.2) is 0 Å². The maximum absolute atomic E-state index is 8.68. The van der Waals surface area contributed by atoms with Crippen molar-refractivity contribution in [1.82, 2.24) is 10.2 Å². The van der Waals surface area contributed by atoms with Crippen LogP contribution in [0.5, 0.6) is 0 Å². The summed E-state index contributed by atoms with van der Waals surface area (Å²) in [5, 5.41) is 17.7. The average Bonchev–Trinajstić information content (AvgIpc) is 2.49. The van der Waals surface area contributed by atoms with Crippen molar-refractivity contribution < 1.29 is 5.11 Å². The molecule has 1 rings (SSSR count). The summed E-state index contributed by atoms with van der Waals surface area (Å²) in [6.45, 7) is 2.33. The first-order valence-electron chi connectivity index (χ1n) is 3.92. The maximum Gasteiger partial charge on any atom is 0.207 e. The molecule has 0 fully saturated rings. The van der Waals surface area contributed by atoms with Crippen molar-refractivity contribution in [2.45, 2.75) is 24.3 Å². The second-order valence-corrected chi connectivity index (χ2v) is 5.65. The molecule has 6 heteroatoms. The predicted octanol–water partition coefficient (Wildman–Crippen LogP) is 2.20. The zero-order valence-corrected chi connectivity index (χ0v) is 9.62. The molecule has 0 bridgehead atoms. The standard InChI is InChI=1S/C7H11ClN2OS2/c1-5(2-3-11)12-4-6-9-10-7(8)13-6/h5,11H,2-4H2,1H3. The van der Waals surface area contributed by atoms with Gasteiger partial charge in [-0.1, -0.05) is 18.3 Å². The van der Waals surface area contributed by atoms with Crippen LogP contribution in [0.1, 0.15) is 18.4 Å². The lowest BCUT2D eigenvalue weighted by molar-refractivity contribution is 0.289. The summed E-state index contributed by atoms with van der Waals surface area (Å²) in [7, 11) is 0. The maximum atomic E-state index is 8.68. The molecule has 13 heavy (non-hydrogen) atoms. The fourth-order valence-corrected chi connectivity index (χ4v) is 2.63. The lowest BCUT2D eigenvalue weighted by atomic mass is 10.3. The van der Waals surface area contributed by atoms with E-state index in [0.29, 0.717) is 9.72 Å². The summed E-state index contributed by atoms with van der Waals surface area (Å²) >= 11 is 8.80. The van der Waals surface area contributed by atoms with E-state index in [9.17, 15) is 0 Å². The fraction of sp³-hybridized carbons (Fsp3) is 0.714. The lowest BCUT2D eigenvalue weighted by Gasteiger charge is -2.06. The Hall–Kier alpha value is 0.160. The molecule has 0 spiro atoms. The van der Waals surface area contributed by atoms with E-state index in [1.165, 1.54) is 11.3 Å². The summed E-state index contributed by atoms with van der Waals surface area (Å²) in [4.78, 5) is 0. The van der Waals surface area contributed by atoms with Gasteiger partial charge >= 0.3 is 0 Å². The van der Waals surface area contributed by atoms with Crippen LogP contribution in [0.25, 0.3) is 0 Å². The number of aliphatic hydroxyl groups excluding tert-OH is 1. The van der Waals surface area contributed by atoms with Crippen LogP contribution in [-0.2, 0) is 5.75 Å². The lowest BCUT2D eigenvalue weighted by Crippen LogP contribution is -1.99. The van der Waals surface area contributed by atoms with Gasteiger partial charge in [-0.05, 0) is 18.0 Å². The van der Waals surface area contributed by atoms with Crippen molar-refractivity contribution >= 4 is 34.7 Å². The highest BCUT2D eigenvalue weighted by atomic mass is 35.5. The first kappa shape index (κ1) is 11.2. The highest BCUT2D eigenvalue weighted by molar-refractivity contribution is 7.99. The molecule has 0 aliphatic rings. The minimum atomic E-state index is 0.241. The number of aliphatic hydroxyl groups is 1. The normalized spacial score (nSPS) is 13.2. The number of hydrogen-bond donors (Lipinski definition) is 1. The Kier molecular flexibility index (Phi) is 5.01. The van der Waals surface area contributed by atoms with Gasteiger partial charge in [0.1, 0.15) is 5.01 Å². The van der Waals surface area contributed by atoms with Crippen LogP contribution >= 0.6 is 34.7 Å². The smallest absolute Gasteiger partial charge is 0.207 e. The fourth-order valence-electron chi connectivity index (χ4n) is 0.770. The van der Waals surface area contributed by atoms with Crippen molar-refractivity contribution in [1.29, 1.82) is 0 Å². The molecule has 74 valence electrons. The molecule has 0 aliphatic heterocycles. The number of nitrogens with zero attached hydrogens (tertiary/aromatic N) is 2. The van der Waals surface area contributed by atoms with E-state index in [1.54, 1.807) is 11.8 Å². The number of halogens is 1. The predicted molar refractivity (Wildman–Crippen MR) is 57.4 cm³/mol. The van der Waals surface area contributed by atoms with Crippen LogP contribution in [-0.4, -0.2) is 27.2 Å². The Labute approximate surface area is 90.5 Å². The van der Waals surface area contributed by atoms with E-state index in [0.717, 1.165) is 17.2 Å². The van der Waals surface area contributed by atoms with Crippen LogP contribution in [0.3, 0.4) is 0 Å². The summed E-state index contributed by atoms with van der Waals surface area (Å²) < 4.78 is 0.491. The van der Waals surface area contributed by atoms with Crippen LogP contribution in [0.2, 0.25) is 4.47 Å². The average molecular weight is 239 g/mol. The van der Waals surface area contributed by atoms with E-state index >= 15 is 0 Å². The van der Waals surface area contributed by atoms with E-state index in [1.807, 2.05) is 0 Å². The summed E-state index contributed by atoms with van der Waals surface area (Å²) in [6.07, 6.45) is 0.817. The van der Waals surface area contributed by atoms with Gasteiger partial charge in [0.25, 0.3) is 0 Å². The van der Waals surface area contributed by atoms with Crippen LogP contribution in [0, 0.1) is 0 Å². The highest BCUT2D eigenvalue weighted by Crippen LogP contribution is 2.23. The van der Waals surface area contributed by atoms with E-state index in [-0.39, 0.29) is 6.61 Å². The quantitative estimate of drug-likeness (QED) is 0.854. The highest BCUT2D eigenvalue weighted by Gasteiger charge is 2.05. The Morgan fingerprint density at radius 3 is 2.92 bits per heavy atom. The molecule has 0 saturated heterocycles. The van der Waals surface area contributed by atoms with Crippen LogP contribution in [0.4, 0.5) is 0 Å². The first-order chi connectivity index (χ1) is 6.22. The molecule has 1 aromatic heterocycles. The Morgan fingerprint density at radius 1 is 1.62 bits per heavy atom. The number of aromatic nitrogens is 2. The molecule has 0 aliphatic carbocycles. The first-order valence-corrected chi connectivity index (χ1v) is 6.17. The number of rotatable bonds is 5. The second-order valence-electron chi connectivity index (χ2n) is 2.58. The van der Waals surface area contributed by atoms with Gasteiger partial charge in [-0.15, -0.1) is 10.2 Å². The topological polar surface area (TPSA) is 46.0 Å². The second kappa shape index (κ2) is 5.80. The van der Waals surface area contributed by atoms with Crippen molar-refractivity contribution in [3.8, 4) is 0 Å². The third-order valence-electron chi connectivity index (χ3n) is 1.47. The Balaban J connectivity index is 2.26. The number of thioether (sulfide) groups is 1. The summed E-state index contributed by atoms with van der Waals surface area (Å²) in [5.41, 5.74) is 0. The van der Waals surface area contributed by atoms with Gasteiger partial charge in [0.05, 0.1) is 0 Å². The molecule has 1 unspecified atom stereocenters. The van der Waals surface area contributed by atoms with Crippen molar-refractivity contribution in [2.24, 2.45) is 0 Å². The molecule has 0 aromatic carbocycles. The minimum Gasteiger partial charge on any atom is -0.396 e. The van der Waals surface area contributed by atoms with Gasteiger partial charge in [-0.3, -0.25) is 0 Å². The Bertz CT molecular complexity index is 256. The van der Waals surface area contributed by atoms with E-state index < -0.39 is 0 Å². The molecular weight excluding hydrogens is 228 g/mol. The molecule has 1 N–H and O–H groups in total. The van der Waals surface area contributed by atoms with Gasteiger partial charge < -0.3 is 5.11 Å². The summed E-state index contributed by atoms with van der Waals surface area (Å²) in [6, 6.07) is 0. The molecule has 0 saturated carbocycles. The molecule has 1 aromatic rings. The molecule has 0 amide bonds. The molecule has 3 nitrogen and oxygen atoms in total. The zero-order valence-electron chi connectivity index (χ0n) is 7.23. The third-order valence-corrected chi connectivity index (χ3v) is 3.92. The van der Waals surface area contributed by atoms with Crippen molar-refractivity contribution in [3.05, 3.63) is 9.47 Å². The zero-order chi connectivity index (χ0) is 9.68. The molecule has 1 heterocycles. The van der Waals surface area contributed by atoms with Gasteiger partial charge in [0.2, 0.25) is 4.47 Å². The molecule has 0 radical (unpaired) electrons. The van der Waals surface area contributed by atoms with Crippen LogP contribution < -0.4 is 0 Å². The monoisotopic (exact) mass is 238 g/mol. The summed E-state index contributed by atoms with van der Waals surface area (Å²) in [5.74, 6) is 0.825. The number of hydrogen-bond acceptors (Lipinski definition) is 5. The van der Waals surface area contributed by atoms with E-state index in [2.05, 4.69) is 17.1 Å².